The molecule has 3 atom stereocenters. The van der Waals surface area contributed by atoms with E-state index in [0.717, 1.165) is 24.1 Å². The first-order chi connectivity index (χ1) is 15.1. The summed E-state index contributed by atoms with van der Waals surface area (Å²) in [7, 11) is 0. The van der Waals surface area contributed by atoms with Gasteiger partial charge in [-0.25, -0.2) is 4.39 Å². The highest BCUT2D eigenvalue weighted by atomic mass is 19.1. The smallest absolute Gasteiger partial charge is 0.237 e. The minimum Gasteiger partial charge on any atom is -0.353 e. The van der Waals surface area contributed by atoms with Crippen LogP contribution >= 0.6 is 0 Å². The molecule has 2 aromatic rings. The van der Waals surface area contributed by atoms with E-state index in [4.69, 9.17) is 0 Å². The van der Waals surface area contributed by atoms with Crippen LogP contribution in [0.1, 0.15) is 30.4 Å². The van der Waals surface area contributed by atoms with Crippen molar-refractivity contribution in [1.82, 2.24) is 20.9 Å². The molecular weight excluding hydrogens is 395 g/mol. The molecular formula is C24H29FN4O2. The van der Waals surface area contributed by atoms with E-state index in [0.29, 0.717) is 32.5 Å². The molecule has 2 aliphatic rings. The number of fused-ring (bicyclic) bond motifs is 1. The van der Waals surface area contributed by atoms with Gasteiger partial charge in [-0.1, -0.05) is 42.5 Å². The third-order valence-corrected chi connectivity index (χ3v) is 6.17. The van der Waals surface area contributed by atoms with E-state index >= 15 is 0 Å². The van der Waals surface area contributed by atoms with Crippen LogP contribution in [-0.4, -0.2) is 47.9 Å². The van der Waals surface area contributed by atoms with Crippen LogP contribution in [0.4, 0.5) is 4.39 Å². The van der Waals surface area contributed by atoms with Crippen molar-refractivity contribution >= 4 is 11.8 Å². The summed E-state index contributed by atoms with van der Waals surface area (Å²) in [6.45, 7) is 2.52. The van der Waals surface area contributed by atoms with Crippen LogP contribution in [-0.2, 0) is 22.7 Å². The molecule has 0 spiro atoms. The van der Waals surface area contributed by atoms with Gasteiger partial charge < -0.3 is 16.0 Å². The molecule has 0 aromatic heterocycles. The van der Waals surface area contributed by atoms with Gasteiger partial charge in [0.05, 0.1) is 6.04 Å². The first-order valence-corrected chi connectivity index (χ1v) is 10.9. The third-order valence-electron chi connectivity index (χ3n) is 6.17. The lowest BCUT2D eigenvalue weighted by molar-refractivity contribution is -0.129. The molecule has 164 valence electrons. The summed E-state index contributed by atoms with van der Waals surface area (Å²) < 4.78 is 13.1. The molecule has 0 saturated carbocycles. The Morgan fingerprint density at radius 1 is 1.06 bits per heavy atom. The predicted octanol–water partition coefficient (Wildman–Crippen LogP) is 1.95. The highest BCUT2D eigenvalue weighted by molar-refractivity contribution is 5.83. The van der Waals surface area contributed by atoms with Gasteiger partial charge in [0.1, 0.15) is 5.82 Å². The lowest BCUT2D eigenvalue weighted by Crippen LogP contribution is -2.58. The van der Waals surface area contributed by atoms with Gasteiger partial charge in [0.2, 0.25) is 11.8 Å². The van der Waals surface area contributed by atoms with Gasteiger partial charge in [-0.3, -0.25) is 14.5 Å². The van der Waals surface area contributed by atoms with Crippen LogP contribution in [0.5, 0.6) is 0 Å². The van der Waals surface area contributed by atoms with Crippen LogP contribution in [0.3, 0.4) is 0 Å². The number of amides is 2. The number of halogens is 1. The number of carbonyl (C=O) groups is 2. The maximum Gasteiger partial charge on any atom is 0.237 e. The van der Waals surface area contributed by atoms with E-state index in [-0.39, 0.29) is 35.8 Å². The Kier molecular flexibility index (Phi) is 6.94. The third kappa shape index (κ3) is 5.68. The Morgan fingerprint density at radius 3 is 2.58 bits per heavy atom. The Morgan fingerprint density at radius 2 is 1.81 bits per heavy atom. The van der Waals surface area contributed by atoms with Gasteiger partial charge >= 0.3 is 0 Å². The first kappa shape index (κ1) is 21.5. The lowest BCUT2D eigenvalue weighted by Gasteiger charge is -2.37. The molecule has 6 nitrogen and oxygen atoms in total. The summed E-state index contributed by atoms with van der Waals surface area (Å²) in [6, 6.07) is 16.5. The number of nitrogens with one attached hydrogen (secondary N) is 3. The quantitative estimate of drug-likeness (QED) is 0.606. The molecule has 2 aromatic carbocycles. The normalized spacial score (nSPS) is 23.3. The van der Waals surface area contributed by atoms with Crippen molar-refractivity contribution in [3.05, 3.63) is 71.5 Å². The fraction of sp³-hybridized carbons (Fsp3) is 0.417. The van der Waals surface area contributed by atoms with Gasteiger partial charge in [0, 0.05) is 44.7 Å². The van der Waals surface area contributed by atoms with Crippen LogP contribution in [0.2, 0.25) is 0 Å². The molecule has 0 aliphatic carbocycles. The Labute approximate surface area is 182 Å². The summed E-state index contributed by atoms with van der Waals surface area (Å²) in [5.41, 5.74) is 2.10. The van der Waals surface area contributed by atoms with Crippen LogP contribution in [0, 0.1) is 5.82 Å². The summed E-state index contributed by atoms with van der Waals surface area (Å²) in [5, 5.41) is 9.47. The van der Waals surface area contributed by atoms with E-state index in [1.807, 2.05) is 30.3 Å². The van der Waals surface area contributed by atoms with Gasteiger partial charge in [0.15, 0.2) is 0 Å². The molecule has 7 heteroatoms. The monoisotopic (exact) mass is 424 g/mol. The molecule has 0 radical (unpaired) electrons. The molecule has 2 aliphatic heterocycles. The summed E-state index contributed by atoms with van der Waals surface area (Å²) in [6.07, 6.45) is 1.89. The van der Waals surface area contributed by atoms with Gasteiger partial charge in [-0.05, 0) is 36.1 Å². The van der Waals surface area contributed by atoms with E-state index in [1.165, 1.54) is 12.1 Å². The Bertz CT molecular complexity index is 890. The predicted molar refractivity (Wildman–Crippen MR) is 116 cm³/mol. The SMILES string of the molecule is O=C(CCC1CNC(=O)C2CC(NCc3ccc(F)cc3)CN12)NCc1ccccc1. The number of rotatable bonds is 8. The molecule has 2 fully saturated rings. The summed E-state index contributed by atoms with van der Waals surface area (Å²) in [4.78, 5) is 26.9. The van der Waals surface area contributed by atoms with Crippen molar-refractivity contribution in [2.75, 3.05) is 13.1 Å². The van der Waals surface area contributed by atoms with E-state index in [2.05, 4.69) is 20.9 Å². The van der Waals surface area contributed by atoms with E-state index in [1.54, 1.807) is 12.1 Å². The van der Waals surface area contributed by atoms with Gasteiger partial charge in [-0.15, -0.1) is 0 Å². The largest absolute Gasteiger partial charge is 0.353 e. The van der Waals surface area contributed by atoms with Crippen molar-refractivity contribution in [3.63, 3.8) is 0 Å². The highest BCUT2D eigenvalue weighted by Gasteiger charge is 2.43. The zero-order valence-corrected chi connectivity index (χ0v) is 17.5. The zero-order chi connectivity index (χ0) is 21.6. The number of carbonyl (C=O) groups excluding carboxylic acids is 2. The second-order valence-corrected chi connectivity index (χ2v) is 8.35. The topological polar surface area (TPSA) is 73.5 Å². The number of hydrogen-bond acceptors (Lipinski definition) is 4. The fourth-order valence-electron chi connectivity index (χ4n) is 4.44. The first-order valence-electron chi connectivity index (χ1n) is 10.9. The van der Waals surface area contributed by atoms with Crippen molar-refractivity contribution in [2.24, 2.45) is 0 Å². The van der Waals surface area contributed by atoms with E-state index in [9.17, 15) is 14.0 Å². The Balaban J connectivity index is 1.25. The van der Waals surface area contributed by atoms with Crippen LogP contribution < -0.4 is 16.0 Å². The molecule has 3 N–H and O–H groups in total. The average molecular weight is 425 g/mol. The number of nitrogens with zero attached hydrogens (tertiary/aromatic N) is 1. The molecule has 2 saturated heterocycles. The minimum atomic E-state index is -0.242. The standard InChI is InChI=1S/C24H29FN4O2/c25-19-8-6-18(7-9-19)13-26-20-12-22-24(31)28-15-21(29(22)16-20)10-11-23(30)27-14-17-4-2-1-3-5-17/h1-9,20-22,26H,10-16H2,(H,27,30)(H,28,31). The average Bonchev–Trinajstić information content (AvgIpc) is 3.23. The van der Waals surface area contributed by atoms with E-state index < -0.39 is 0 Å². The molecule has 31 heavy (non-hydrogen) atoms. The minimum absolute atomic E-state index is 0.0301. The molecule has 3 unspecified atom stereocenters. The summed E-state index contributed by atoms with van der Waals surface area (Å²) >= 11 is 0. The molecule has 0 bridgehead atoms. The van der Waals surface area contributed by atoms with Gasteiger partial charge in [0.25, 0.3) is 0 Å². The lowest BCUT2D eigenvalue weighted by atomic mass is 10.0. The fourth-order valence-corrected chi connectivity index (χ4v) is 4.44. The number of piperazine rings is 1. The zero-order valence-electron chi connectivity index (χ0n) is 17.5. The number of hydrogen-bond donors (Lipinski definition) is 3. The van der Waals surface area contributed by atoms with Crippen molar-refractivity contribution in [1.29, 1.82) is 0 Å². The van der Waals surface area contributed by atoms with Gasteiger partial charge in [-0.2, -0.15) is 0 Å². The van der Waals surface area contributed by atoms with Crippen LogP contribution in [0.25, 0.3) is 0 Å². The summed E-state index contributed by atoms with van der Waals surface area (Å²) in [5.74, 6) is -0.146. The van der Waals surface area contributed by atoms with Crippen molar-refractivity contribution in [2.45, 2.75) is 50.5 Å². The second kappa shape index (κ2) is 10.0. The highest BCUT2D eigenvalue weighted by Crippen LogP contribution is 2.26. The number of benzene rings is 2. The molecule has 2 amide bonds. The van der Waals surface area contributed by atoms with Crippen molar-refractivity contribution < 1.29 is 14.0 Å². The van der Waals surface area contributed by atoms with Crippen LogP contribution in [0.15, 0.2) is 54.6 Å². The second-order valence-electron chi connectivity index (χ2n) is 8.35. The van der Waals surface area contributed by atoms with Crippen molar-refractivity contribution in [3.8, 4) is 0 Å². The Hall–Kier alpha value is -2.77. The maximum atomic E-state index is 13.1. The molecule has 4 rings (SSSR count). The maximum absolute atomic E-state index is 13.1. The molecule has 2 heterocycles.